The molecule has 3 aromatic rings. The van der Waals surface area contributed by atoms with Crippen molar-refractivity contribution < 1.29 is 18.0 Å². The van der Waals surface area contributed by atoms with Crippen molar-refractivity contribution >= 4 is 11.7 Å². The third-order valence-corrected chi connectivity index (χ3v) is 4.41. The molecule has 2 N–H and O–H groups in total. The molecule has 1 saturated carbocycles. The molecule has 0 radical (unpaired) electrons. The van der Waals surface area contributed by atoms with Crippen molar-refractivity contribution in [3.8, 4) is 5.69 Å². The number of H-pyrrole nitrogens is 1. The first-order chi connectivity index (χ1) is 13.3. The van der Waals surface area contributed by atoms with Gasteiger partial charge < -0.3 is 10.3 Å². The largest absolute Gasteiger partial charge is 0.416 e. The van der Waals surface area contributed by atoms with Crippen LogP contribution in [0.25, 0.3) is 5.69 Å². The van der Waals surface area contributed by atoms with E-state index in [1.807, 2.05) is 0 Å². The number of alkyl halides is 3. The Balaban J connectivity index is 1.54. The van der Waals surface area contributed by atoms with Gasteiger partial charge in [-0.2, -0.15) is 18.3 Å². The second-order valence-corrected chi connectivity index (χ2v) is 6.61. The maximum Gasteiger partial charge on any atom is 0.416 e. The van der Waals surface area contributed by atoms with Crippen LogP contribution in [-0.2, 0) is 6.18 Å². The van der Waals surface area contributed by atoms with Gasteiger partial charge in [-0.25, -0.2) is 4.68 Å². The second kappa shape index (κ2) is 6.66. The molecule has 1 fully saturated rings. The van der Waals surface area contributed by atoms with Gasteiger partial charge in [-0.1, -0.05) is 6.07 Å². The second-order valence-electron chi connectivity index (χ2n) is 6.61. The Labute approximate surface area is 157 Å². The number of amides is 1. The molecule has 1 aliphatic carbocycles. The summed E-state index contributed by atoms with van der Waals surface area (Å²) in [5.74, 6) is -0.0708. The third kappa shape index (κ3) is 3.83. The molecule has 9 heteroatoms. The van der Waals surface area contributed by atoms with Crippen molar-refractivity contribution in [3.63, 3.8) is 0 Å². The van der Waals surface area contributed by atoms with Gasteiger partial charge in [0.25, 0.3) is 5.91 Å². The Hall–Kier alpha value is -3.36. The van der Waals surface area contributed by atoms with E-state index < -0.39 is 17.6 Å². The van der Waals surface area contributed by atoms with E-state index in [2.05, 4.69) is 15.4 Å². The van der Waals surface area contributed by atoms with E-state index in [1.165, 1.54) is 35.1 Å². The zero-order valence-electron chi connectivity index (χ0n) is 14.5. The van der Waals surface area contributed by atoms with Gasteiger partial charge in [0.05, 0.1) is 11.3 Å². The highest BCUT2D eigenvalue weighted by atomic mass is 19.4. The highest BCUT2D eigenvalue weighted by Crippen LogP contribution is 2.38. The molecular formula is C19H15F3N4O2. The van der Waals surface area contributed by atoms with E-state index in [0.29, 0.717) is 0 Å². The van der Waals surface area contributed by atoms with Crippen molar-refractivity contribution in [2.24, 2.45) is 0 Å². The molecular weight excluding hydrogens is 373 g/mol. The lowest BCUT2D eigenvalue weighted by Gasteiger charge is -2.08. The maximum absolute atomic E-state index is 12.9. The predicted molar refractivity (Wildman–Crippen MR) is 95.6 cm³/mol. The van der Waals surface area contributed by atoms with E-state index in [9.17, 15) is 22.8 Å². The molecule has 1 amide bonds. The normalized spacial score (nSPS) is 14.1. The minimum absolute atomic E-state index is 0.163. The summed E-state index contributed by atoms with van der Waals surface area (Å²) in [7, 11) is 0. The van der Waals surface area contributed by atoms with Crippen LogP contribution in [0.15, 0.2) is 53.5 Å². The number of halogens is 3. The lowest BCUT2D eigenvalue weighted by molar-refractivity contribution is -0.137. The number of nitrogens with zero attached hydrogens (tertiary/aromatic N) is 2. The van der Waals surface area contributed by atoms with E-state index in [1.54, 1.807) is 6.07 Å². The van der Waals surface area contributed by atoms with E-state index in [-0.39, 0.29) is 28.5 Å². The number of benzene rings is 1. The molecule has 6 nitrogen and oxygen atoms in total. The lowest BCUT2D eigenvalue weighted by atomic mass is 10.1. The van der Waals surface area contributed by atoms with Gasteiger partial charge in [0.15, 0.2) is 5.82 Å². The standard InChI is InChI=1S/C19H15F3N4O2/c20-19(21,22)13-2-1-3-14(10-13)26-7-6-16(25-26)24-18(28)12-8-15(11-4-5-11)23-17(27)9-12/h1-3,6-11H,4-5H2,(H,23,27)(H,24,25,28). The van der Waals surface area contributed by atoms with Gasteiger partial charge >= 0.3 is 6.18 Å². The number of pyridine rings is 1. The zero-order valence-corrected chi connectivity index (χ0v) is 14.5. The zero-order chi connectivity index (χ0) is 19.9. The molecule has 144 valence electrons. The lowest BCUT2D eigenvalue weighted by Crippen LogP contribution is -2.17. The van der Waals surface area contributed by atoms with Gasteiger partial charge in [-0.15, -0.1) is 0 Å². The van der Waals surface area contributed by atoms with E-state index >= 15 is 0 Å². The van der Waals surface area contributed by atoms with Gasteiger partial charge in [0.2, 0.25) is 5.56 Å². The Kier molecular flexibility index (Phi) is 4.29. The average Bonchev–Trinajstić information content (AvgIpc) is 3.40. The van der Waals surface area contributed by atoms with Gasteiger partial charge in [0, 0.05) is 29.6 Å². The monoisotopic (exact) mass is 388 g/mol. The summed E-state index contributed by atoms with van der Waals surface area (Å²) >= 11 is 0. The molecule has 2 aromatic heterocycles. The van der Waals surface area contributed by atoms with Gasteiger partial charge in [-0.3, -0.25) is 9.59 Å². The van der Waals surface area contributed by atoms with Crippen LogP contribution < -0.4 is 10.9 Å². The number of carbonyl (C=O) groups excluding carboxylic acids is 1. The van der Waals surface area contributed by atoms with Crippen molar-refractivity contribution in [1.82, 2.24) is 14.8 Å². The topological polar surface area (TPSA) is 79.8 Å². The number of nitrogens with one attached hydrogen (secondary N) is 2. The molecule has 4 rings (SSSR count). The number of rotatable bonds is 4. The van der Waals surface area contributed by atoms with Gasteiger partial charge in [-0.05, 0) is 43.0 Å². The smallest absolute Gasteiger partial charge is 0.326 e. The van der Waals surface area contributed by atoms with Crippen molar-refractivity contribution in [1.29, 1.82) is 0 Å². The summed E-state index contributed by atoms with van der Waals surface area (Å²) in [6.07, 6.45) is -1.07. The molecule has 0 unspecified atom stereocenters. The molecule has 0 atom stereocenters. The third-order valence-electron chi connectivity index (χ3n) is 4.41. The number of aromatic nitrogens is 3. The average molecular weight is 388 g/mol. The number of hydrogen-bond acceptors (Lipinski definition) is 3. The number of aromatic amines is 1. The number of anilines is 1. The predicted octanol–water partition coefficient (Wildman–Crippen LogP) is 3.71. The molecule has 28 heavy (non-hydrogen) atoms. The van der Waals surface area contributed by atoms with Crippen LogP contribution in [0.3, 0.4) is 0 Å². The fourth-order valence-corrected chi connectivity index (χ4v) is 2.86. The maximum atomic E-state index is 12.9. The first kappa shape index (κ1) is 18.0. The molecule has 1 aliphatic rings. The highest BCUT2D eigenvalue weighted by molar-refractivity contribution is 6.03. The molecule has 1 aromatic carbocycles. The van der Waals surface area contributed by atoms with Crippen LogP contribution in [0.2, 0.25) is 0 Å². The fourth-order valence-electron chi connectivity index (χ4n) is 2.86. The van der Waals surface area contributed by atoms with Gasteiger partial charge in [0.1, 0.15) is 0 Å². The van der Waals surface area contributed by atoms with Crippen LogP contribution in [0.5, 0.6) is 0 Å². The summed E-state index contributed by atoms with van der Waals surface area (Å²) in [5, 5.41) is 6.65. The van der Waals surface area contributed by atoms with Crippen LogP contribution in [0.4, 0.5) is 19.0 Å². The summed E-state index contributed by atoms with van der Waals surface area (Å²) in [6.45, 7) is 0. The van der Waals surface area contributed by atoms with Crippen LogP contribution >= 0.6 is 0 Å². The summed E-state index contributed by atoms with van der Waals surface area (Å²) in [6, 6.07) is 9.01. The molecule has 0 bridgehead atoms. The van der Waals surface area contributed by atoms with E-state index in [0.717, 1.165) is 30.7 Å². The SMILES string of the molecule is O=C(Nc1ccn(-c2cccc(C(F)(F)F)c2)n1)c1cc(C2CC2)[nH]c(=O)c1. The molecule has 0 aliphatic heterocycles. The Morgan fingerprint density at radius 3 is 2.68 bits per heavy atom. The van der Waals surface area contributed by atoms with Crippen molar-refractivity contribution in [2.75, 3.05) is 5.32 Å². The van der Waals surface area contributed by atoms with Crippen molar-refractivity contribution in [3.05, 3.63) is 75.8 Å². The van der Waals surface area contributed by atoms with Crippen molar-refractivity contribution in [2.45, 2.75) is 24.9 Å². The first-order valence-electron chi connectivity index (χ1n) is 8.58. The summed E-state index contributed by atoms with van der Waals surface area (Å²) in [5.41, 5.74) is 0.000148. The minimum atomic E-state index is -4.46. The van der Waals surface area contributed by atoms with Crippen LogP contribution in [-0.4, -0.2) is 20.7 Å². The first-order valence-corrected chi connectivity index (χ1v) is 8.58. The van der Waals surface area contributed by atoms with Crippen LogP contribution in [0, 0.1) is 0 Å². The van der Waals surface area contributed by atoms with Crippen LogP contribution in [0.1, 0.15) is 40.4 Å². The Bertz CT molecular complexity index is 1100. The Morgan fingerprint density at radius 1 is 1.18 bits per heavy atom. The highest BCUT2D eigenvalue weighted by Gasteiger charge is 2.30. The molecule has 0 spiro atoms. The summed E-state index contributed by atoms with van der Waals surface area (Å²) in [4.78, 5) is 26.9. The number of hydrogen-bond donors (Lipinski definition) is 2. The van der Waals surface area contributed by atoms with E-state index in [4.69, 9.17) is 0 Å². The Morgan fingerprint density at radius 2 is 1.96 bits per heavy atom. The minimum Gasteiger partial charge on any atom is -0.326 e. The molecule has 0 saturated heterocycles. The number of carbonyl (C=O) groups is 1. The molecule has 2 heterocycles. The quantitative estimate of drug-likeness (QED) is 0.715. The fraction of sp³-hybridized carbons (Fsp3) is 0.211. The summed E-state index contributed by atoms with van der Waals surface area (Å²) < 4.78 is 39.8.